The van der Waals surface area contributed by atoms with Gasteiger partial charge in [-0.25, -0.2) is 4.79 Å². The molecule has 2 N–H and O–H groups in total. The zero-order valence-corrected chi connectivity index (χ0v) is 20.4. The third kappa shape index (κ3) is 5.61. The molecule has 0 spiro atoms. The van der Waals surface area contributed by atoms with Crippen molar-refractivity contribution in [1.82, 2.24) is 5.32 Å². The molecule has 176 valence electrons. The first-order valence-electron chi connectivity index (χ1n) is 10.8. The van der Waals surface area contributed by atoms with Crippen molar-refractivity contribution in [3.05, 3.63) is 81.5 Å². The summed E-state index contributed by atoms with van der Waals surface area (Å²) in [5.41, 5.74) is 3.71. The zero-order valence-electron chi connectivity index (χ0n) is 19.6. The number of nitrogens with one attached hydrogen (secondary N) is 2. The van der Waals surface area contributed by atoms with Gasteiger partial charge >= 0.3 is 5.97 Å². The van der Waals surface area contributed by atoms with Crippen LogP contribution in [0.1, 0.15) is 30.9 Å². The highest BCUT2D eigenvalue weighted by Crippen LogP contribution is 2.43. The van der Waals surface area contributed by atoms with Gasteiger partial charge in [0.1, 0.15) is 5.75 Å². The number of allylic oxidation sites excluding steroid dienone is 2. The Kier molecular flexibility index (Phi) is 8.39. The summed E-state index contributed by atoms with van der Waals surface area (Å²) < 4.78 is 10.8. The van der Waals surface area contributed by atoms with Gasteiger partial charge in [-0.15, -0.1) is 0 Å². The Morgan fingerprint density at radius 1 is 1.15 bits per heavy atom. The van der Waals surface area contributed by atoms with Crippen LogP contribution in [0, 0.1) is 18.3 Å². The van der Waals surface area contributed by atoms with E-state index in [2.05, 4.69) is 16.7 Å². The van der Waals surface area contributed by atoms with Gasteiger partial charge in [-0.2, -0.15) is 5.26 Å². The number of anilines is 1. The van der Waals surface area contributed by atoms with E-state index in [4.69, 9.17) is 9.47 Å². The highest BCUT2D eigenvalue weighted by atomic mass is 32.2. The predicted octanol–water partition coefficient (Wildman–Crippen LogP) is 4.63. The molecule has 0 aromatic heterocycles. The Balaban J connectivity index is 1.94. The van der Waals surface area contributed by atoms with E-state index in [1.807, 2.05) is 62.4 Å². The molecule has 7 nitrogen and oxygen atoms in total. The molecular weight excluding hydrogens is 450 g/mol. The first-order chi connectivity index (χ1) is 16.4. The minimum Gasteiger partial charge on any atom is -0.494 e. The third-order valence-electron chi connectivity index (χ3n) is 5.27. The Labute approximate surface area is 203 Å². The van der Waals surface area contributed by atoms with Gasteiger partial charge in [0, 0.05) is 16.9 Å². The minimum atomic E-state index is -0.691. The summed E-state index contributed by atoms with van der Waals surface area (Å²) in [6.45, 7) is 6.04. The number of thioether (sulfide) groups is 1. The molecule has 0 fully saturated rings. The van der Waals surface area contributed by atoms with E-state index in [1.54, 1.807) is 6.92 Å². The molecule has 2 aromatic carbocycles. The van der Waals surface area contributed by atoms with Crippen molar-refractivity contribution in [2.75, 3.05) is 24.8 Å². The lowest BCUT2D eigenvalue weighted by Gasteiger charge is -2.30. The molecule has 0 unspecified atom stereocenters. The van der Waals surface area contributed by atoms with Crippen molar-refractivity contribution in [1.29, 1.82) is 5.26 Å². The van der Waals surface area contributed by atoms with Crippen LogP contribution in [0.4, 0.5) is 5.69 Å². The van der Waals surface area contributed by atoms with Crippen LogP contribution in [0.3, 0.4) is 0 Å². The Bertz CT molecular complexity index is 1180. The van der Waals surface area contributed by atoms with Crippen LogP contribution in [0.5, 0.6) is 5.75 Å². The summed E-state index contributed by atoms with van der Waals surface area (Å²) in [6.07, 6.45) is 0. The number of hydrogen-bond acceptors (Lipinski definition) is 7. The smallest absolute Gasteiger partial charge is 0.336 e. The molecule has 0 radical (unpaired) electrons. The molecule has 0 saturated carbocycles. The van der Waals surface area contributed by atoms with E-state index in [0.717, 1.165) is 5.56 Å². The number of dihydropyridines is 1. The number of aryl methyl sites for hydroxylation is 1. The summed E-state index contributed by atoms with van der Waals surface area (Å²) in [7, 11) is 1.31. The summed E-state index contributed by atoms with van der Waals surface area (Å²) in [6, 6.07) is 17.1. The molecule has 0 bridgehead atoms. The van der Waals surface area contributed by atoms with Crippen molar-refractivity contribution < 1.29 is 19.1 Å². The fraction of sp³-hybridized carbons (Fsp3) is 0.269. The van der Waals surface area contributed by atoms with Gasteiger partial charge in [0.25, 0.3) is 0 Å². The molecule has 1 atom stereocenters. The molecule has 8 heteroatoms. The van der Waals surface area contributed by atoms with Crippen LogP contribution >= 0.6 is 11.8 Å². The van der Waals surface area contributed by atoms with Gasteiger partial charge in [-0.1, -0.05) is 47.7 Å². The van der Waals surface area contributed by atoms with Crippen molar-refractivity contribution in [2.24, 2.45) is 0 Å². The summed E-state index contributed by atoms with van der Waals surface area (Å²) in [5.74, 6) is -0.756. The van der Waals surface area contributed by atoms with Gasteiger partial charge in [0.05, 0.1) is 47.6 Å². The van der Waals surface area contributed by atoms with E-state index in [1.165, 1.54) is 18.9 Å². The minimum absolute atomic E-state index is 0.0854. The lowest BCUT2D eigenvalue weighted by molar-refractivity contribution is -0.136. The number of hydrogen-bond donors (Lipinski definition) is 2. The van der Waals surface area contributed by atoms with Crippen molar-refractivity contribution in [2.45, 2.75) is 26.7 Å². The summed E-state index contributed by atoms with van der Waals surface area (Å²) in [5, 5.41) is 16.6. The Morgan fingerprint density at radius 2 is 1.85 bits per heavy atom. The summed E-state index contributed by atoms with van der Waals surface area (Å²) in [4.78, 5) is 25.3. The van der Waals surface area contributed by atoms with E-state index in [0.29, 0.717) is 45.5 Å². The number of para-hydroxylation sites is 1. The van der Waals surface area contributed by atoms with Crippen molar-refractivity contribution in [3.8, 4) is 11.8 Å². The fourth-order valence-electron chi connectivity index (χ4n) is 3.70. The van der Waals surface area contributed by atoms with Gasteiger partial charge in [-0.3, -0.25) is 4.79 Å². The predicted molar refractivity (Wildman–Crippen MR) is 133 cm³/mol. The molecule has 0 saturated heterocycles. The maximum absolute atomic E-state index is 12.7. The highest BCUT2D eigenvalue weighted by Gasteiger charge is 2.36. The van der Waals surface area contributed by atoms with Crippen LogP contribution in [-0.4, -0.2) is 31.3 Å². The maximum atomic E-state index is 12.7. The van der Waals surface area contributed by atoms with Crippen LogP contribution in [0.15, 0.2) is 70.4 Å². The van der Waals surface area contributed by atoms with E-state index < -0.39 is 11.9 Å². The molecule has 2 aromatic rings. The second kappa shape index (κ2) is 11.4. The van der Waals surface area contributed by atoms with Crippen LogP contribution in [0.2, 0.25) is 0 Å². The molecule has 34 heavy (non-hydrogen) atoms. The molecule has 1 amide bonds. The van der Waals surface area contributed by atoms with Gasteiger partial charge in [-0.05, 0) is 39.0 Å². The van der Waals surface area contributed by atoms with Gasteiger partial charge in [0.2, 0.25) is 5.91 Å². The third-order valence-corrected chi connectivity index (χ3v) is 6.28. The molecular formula is C26H27N3O4S. The number of carbonyl (C=O) groups excluding carboxylic acids is 2. The lowest BCUT2D eigenvalue weighted by atomic mass is 9.82. The topological polar surface area (TPSA) is 100 Å². The number of benzene rings is 2. The quantitative estimate of drug-likeness (QED) is 0.535. The standard InChI is InChI=1S/C26H27N3O4S/c1-5-33-21-9-7-6-8-19(21)24-20(14-27)25(28-17(3)23(24)26(31)32-4)34-15-22(30)29-18-12-10-16(2)11-13-18/h6-13,24,28H,5,15H2,1-4H3,(H,29,30)/t24-/m0/s1. The van der Waals surface area contributed by atoms with Crippen LogP contribution < -0.4 is 15.4 Å². The average Bonchev–Trinajstić information content (AvgIpc) is 2.84. The van der Waals surface area contributed by atoms with E-state index in [-0.39, 0.29) is 11.7 Å². The molecule has 0 aliphatic carbocycles. The second-order valence-corrected chi connectivity index (χ2v) is 8.60. The number of methoxy groups -OCH3 is 1. The van der Waals surface area contributed by atoms with Crippen molar-refractivity contribution >= 4 is 29.3 Å². The zero-order chi connectivity index (χ0) is 24.7. The van der Waals surface area contributed by atoms with E-state index in [9.17, 15) is 14.9 Å². The van der Waals surface area contributed by atoms with E-state index >= 15 is 0 Å². The van der Waals surface area contributed by atoms with Gasteiger partial charge < -0.3 is 20.1 Å². The first-order valence-corrected chi connectivity index (χ1v) is 11.8. The Hall–Kier alpha value is -3.70. The number of esters is 1. The molecule has 1 aliphatic rings. The molecule has 3 rings (SSSR count). The fourth-order valence-corrected chi connectivity index (χ4v) is 4.59. The Morgan fingerprint density at radius 3 is 2.50 bits per heavy atom. The normalized spacial score (nSPS) is 15.3. The first kappa shape index (κ1) is 24.9. The number of rotatable bonds is 8. The highest BCUT2D eigenvalue weighted by molar-refractivity contribution is 8.03. The monoisotopic (exact) mass is 477 g/mol. The lowest BCUT2D eigenvalue weighted by Crippen LogP contribution is -2.29. The van der Waals surface area contributed by atoms with Crippen LogP contribution in [-0.2, 0) is 14.3 Å². The average molecular weight is 478 g/mol. The number of amides is 1. The molecule has 1 heterocycles. The van der Waals surface area contributed by atoms with Crippen LogP contribution in [0.25, 0.3) is 0 Å². The second-order valence-electron chi connectivity index (χ2n) is 7.62. The summed E-state index contributed by atoms with van der Waals surface area (Å²) >= 11 is 1.21. The SMILES string of the molecule is CCOc1ccccc1[C@H]1C(C#N)=C(SCC(=O)Nc2ccc(C)cc2)NC(C)=C1C(=O)OC. The number of nitrogens with zero attached hydrogens (tertiary/aromatic N) is 1. The number of carbonyl (C=O) groups is 2. The largest absolute Gasteiger partial charge is 0.494 e. The molecule has 1 aliphatic heterocycles. The van der Waals surface area contributed by atoms with Crippen molar-refractivity contribution in [3.63, 3.8) is 0 Å². The van der Waals surface area contributed by atoms with Gasteiger partial charge in [0.15, 0.2) is 0 Å². The number of ether oxygens (including phenoxy) is 2. The maximum Gasteiger partial charge on any atom is 0.336 e. The number of nitriles is 1.